The number of piperidine rings is 1. The van der Waals surface area contributed by atoms with Crippen LogP contribution in [0.15, 0.2) is 48.7 Å². The smallest absolute Gasteiger partial charge is 0.160 e. The van der Waals surface area contributed by atoms with Crippen LogP contribution in [0.2, 0.25) is 0 Å². The van der Waals surface area contributed by atoms with Gasteiger partial charge in [0.2, 0.25) is 0 Å². The van der Waals surface area contributed by atoms with Gasteiger partial charge >= 0.3 is 0 Å². The van der Waals surface area contributed by atoms with E-state index in [1.165, 1.54) is 6.07 Å². The molecule has 0 amide bonds. The summed E-state index contributed by atoms with van der Waals surface area (Å²) in [7, 11) is 0. The zero-order valence-corrected chi connectivity index (χ0v) is 13.8. The van der Waals surface area contributed by atoms with Crippen molar-refractivity contribution >= 4 is 5.65 Å². The molecule has 2 aromatic heterocycles. The maximum Gasteiger partial charge on any atom is 0.160 e. The van der Waals surface area contributed by atoms with Gasteiger partial charge in [-0.2, -0.15) is 0 Å². The molecule has 3 heterocycles. The van der Waals surface area contributed by atoms with E-state index in [1.54, 1.807) is 12.1 Å². The Morgan fingerprint density at radius 2 is 1.92 bits per heavy atom. The Balaban J connectivity index is 1.47. The minimum Gasteiger partial charge on any atom is -0.297 e. The molecular weight excluding hydrogens is 303 g/mol. The van der Waals surface area contributed by atoms with E-state index in [1.807, 2.05) is 30.5 Å². The predicted octanol–water partition coefficient (Wildman–Crippen LogP) is 3.81. The molecule has 0 bridgehead atoms. The topological polar surface area (TPSA) is 33.4 Å². The fourth-order valence-corrected chi connectivity index (χ4v) is 3.66. The molecule has 1 aromatic carbocycles. The maximum absolute atomic E-state index is 13.5. The molecule has 0 radical (unpaired) electrons. The van der Waals surface area contributed by atoms with Crippen molar-refractivity contribution < 1.29 is 4.39 Å². The van der Waals surface area contributed by atoms with Gasteiger partial charge in [-0.3, -0.25) is 9.30 Å². The molecule has 1 aliphatic heterocycles. The molecule has 4 rings (SSSR count). The van der Waals surface area contributed by atoms with Crippen molar-refractivity contribution in [1.82, 2.24) is 19.5 Å². The molecule has 0 aliphatic carbocycles. The van der Waals surface area contributed by atoms with Crippen LogP contribution in [0.1, 0.15) is 43.1 Å². The first kappa shape index (κ1) is 15.3. The number of nitrogens with zero attached hydrogens (tertiary/aromatic N) is 4. The molecule has 1 atom stereocenters. The van der Waals surface area contributed by atoms with Crippen molar-refractivity contribution in [2.75, 3.05) is 13.1 Å². The van der Waals surface area contributed by atoms with E-state index in [0.717, 1.165) is 43.0 Å². The van der Waals surface area contributed by atoms with Gasteiger partial charge in [0.1, 0.15) is 11.6 Å². The SMILES string of the molecule is C[C@H](c1cccc(F)c1)N1CCC(c2nnc3ccccn23)CC1. The number of benzene rings is 1. The highest BCUT2D eigenvalue weighted by atomic mass is 19.1. The summed E-state index contributed by atoms with van der Waals surface area (Å²) in [6.45, 7) is 4.13. The van der Waals surface area contributed by atoms with E-state index >= 15 is 0 Å². The monoisotopic (exact) mass is 324 g/mol. The Morgan fingerprint density at radius 3 is 2.71 bits per heavy atom. The lowest BCUT2D eigenvalue weighted by Crippen LogP contribution is -2.35. The normalized spacial score (nSPS) is 18.1. The summed E-state index contributed by atoms with van der Waals surface area (Å²) < 4.78 is 15.5. The molecule has 0 spiro atoms. The van der Waals surface area contributed by atoms with Gasteiger partial charge < -0.3 is 0 Å². The van der Waals surface area contributed by atoms with Crippen LogP contribution in [0.4, 0.5) is 4.39 Å². The Kier molecular flexibility index (Phi) is 4.02. The summed E-state index contributed by atoms with van der Waals surface area (Å²) >= 11 is 0. The van der Waals surface area contributed by atoms with Crippen LogP contribution in [0.5, 0.6) is 0 Å². The average molecular weight is 324 g/mol. The van der Waals surface area contributed by atoms with Gasteiger partial charge in [0.05, 0.1) is 0 Å². The van der Waals surface area contributed by atoms with Crippen LogP contribution in [-0.2, 0) is 0 Å². The van der Waals surface area contributed by atoms with Gasteiger partial charge in [-0.25, -0.2) is 4.39 Å². The van der Waals surface area contributed by atoms with Crippen LogP contribution in [0, 0.1) is 5.82 Å². The van der Waals surface area contributed by atoms with E-state index in [-0.39, 0.29) is 11.9 Å². The Morgan fingerprint density at radius 1 is 1.08 bits per heavy atom. The zero-order chi connectivity index (χ0) is 16.5. The second-order valence-electron chi connectivity index (χ2n) is 6.53. The predicted molar refractivity (Wildman–Crippen MR) is 91.4 cm³/mol. The van der Waals surface area contributed by atoms with Crippen LogP contribution in [0.3, 0.4) is 0 Å². The van der Waals surface area contributed by atoms with Crippen molar-refractivity contribution in [3.63, 3.8) is 0 Å². The van der Waals surface area contributed by atoms with Gasteiger partial charge in [-0.15, -0.1) is 10.2 Å². The molecule has 0 unspecified atom stereocenters. The van der Waals surface area contributed by atoms with Gasteiger partial charge in [0, 0.05) is 18.2 Å². The standard InChI is InChI=1S/C19H21FN4/c1-14(16-5-4-6-17(20)13-16)23-11-8-15(9-12-23)19-22-21-18-7-2-3-10-24(18)19/h2-7,10,13-15H,8-9,11-12H2,1H3/t14-/m1/s1. The lowest BCUT2D eigenvalue weighted by molar-refractivity contribution is 0.160. The van der Waals surface area contributed by atoms with E-state index < -0.39 is 0 Å². The molecule has 1 aliphatic rings. The molecule has 0 saturated carbocycles. The van der Waals surface area contributed by atoms with Crippen molar-refractivity contribution in [2.45, 2.75) is 31.7 Å². The minimum absolute atomic E-state index is 0.163. The Bertz CT molecular complexity index is 836. The summed E-state index contributed by atoms with van der Waals surface area (Å²) in [6, 6.07) is 13.1. The van der Waals surface area contributed by atoms with Crippen LogP contribution >= 0.6 is 0 Å². The number of pyridine rings is 1. The van der Waals surface area contributed by atoms with Gasteiger partial charge in [0.15, 0.2) is 5.65 Å². The van der Waals surface area contributed by atoms with Gasteiger partial charge in [0.25, 0.3) is 0 Å². The summed E-state index contributed by atoms with van der Waals surface area (Å²) in [5, 5.41) is 8.67. The highest BCUT2D eigenvalue weighted by Crippen LogP contribution is 2.31. The van der Waals surface area contributed by atoms with E-state index in [9.17, 15) is 4.39 Å². The highest BCUT2D eigenvalue weighted by Gasteiger charge is 2.27. The van der Waals surface area contributed by atoms with Crippen molar-refractivity contribution in [3.05, 3.63) is 65.9 Å². The lowest BCUT2D eigenvalue weighted by Gasteiger charge is -2.35. The number of hydrogen-bond donors (Lipinski definition) is 0. The minimum atomic E-state index is -0.163. The third kappa shape index (κ3) is 2.80. The molecule has 1 saturated heterocycles. The van der Waals surface area contributed by atoms with Crippen molar-refractivity contribution in [2.24, 2.45) is 0 Å². The fourth-order valence-electron chi connectivity index (χ4n) is 3.66. The number of likely N-dealkylation sites (tertiary alicyclic amines) is 1. The van der Waals surface area contributed by atoms with Crippen molar-refractivity contribution in [1.29, 1.82) is 0 Å². The first-order chi connectivity index (χ1) is 11.7. The highest BCUT2D eigenvalue weighted by molar-refractivity contribution is 5.37. The Hall–Kier alpha value is -2.27. The third-order valence-electron chi connectivity index (χ3n) is 5.11. The molecule has 0 N–H and O–H groups in total. The summed E-state index contributed by atoms with van der Waals surface area (Å²) in [5.74, 6) is 1.33. The van der Waals surface area contributed by atoms with Crippen LogP contribution in [-0.4, -0.2) is 32.6 Å². The number of fused-ring (bicyclic) bond motifs is 1. The molecule has 3 aromatic rings. The first-order valence-electron chi connectivity index (χ1n) is 8.51. The van der Waals surface area contributed by atoms with Gasteiger partial charge in [-0.1, -0.05) is 18.2 Å². The molecule has 1 fully saturated rings. The first-order valence-corrected chi connectivity index (χ1v) is 8.51. The summed E-state index contributed by atoms with van der Waals surface area (Å²) in [4.78, 5) is 2.43. The van der Waals surface area contributed by atoms with Crippen LogP contribution in [0.25, 0.3) is 5.65 Å². The second kappa shape index (κ2) is 6.32. The lowest BCUT2D eigenvalue weighted by atomic mass is 9.94. The van der Waals surface area contributed by atoms with E-state index in [4.69, 9.17) is 0 Å². The quantitative estimate of drug-likeness (QED) is 0.734. The second-order valence-corrected chi connectivity index (χ2v) is 6.53. The zero-order valence-electron chi connectivity index (χ0n) is 13.8. The fraction of sp³-hybridized carbons (Fsp3) is 0.368. The number of hydrogen-bond acceptors (Lipinski definition) is 3. The molecular formula is C19H21FN4. The summed E-state index contributed by atoms with van der Waals surface area (Å²) in [6.07, 6.45) is 4.14. The third-order valence-corrected chi connectivity index (χ3v) is 5.11. The molecule has 124 valence electrons. The average Bonchev–Trinajstić information content (AvgIpc) is 3.05. The van der Waals surface area contributed by atoms with Gasteiger partial charge in [-0.05, 0) is 62.7 Å². The number of aromatic nitrogens is 3. The Labute approximate surface area is 140 Å². The number of halogens is 1. The van der Waals surface area contributed by atoms with E-state index in [0.29, 0.717) is 5.92 Å². The van der Waals surface area contributed by atoms with E-state index in [2.05, 4.69) is 26.4 Å². The maximum atomic E-state index is 13.5. The van der Waals surface area contributed by atoms with Crippen molar-refractivity contribution in [3.8, 4) is 0 Å². The van der Waals surface area contributed by atoms with Crippen LogP contribution < -0.4 is 0 Å². The largest absolute Gasteiger partial charge is 0.297 e. The number of rotatable bonds is 3. The molecule has 24 heavy (non-hydrogen) atoms. The molecule has 5 heteroatoms. The molecule has 4 nitrogen and oxygen atoms in total. The summed E-state index contributed by atoms with van der Waals surface area (Å²) in [5.41, 5.74) is 1.95.